The second-order valence-electron chi connectivity index (χ2n) is 6.91. The molecule has 0 amide bonds. The standard InChI is InChI=1S/C15H22O4/c1-9-10-5-8-14(2)6-4-7-15(3,19-17)12(14)11(10)18-13(9)16/h4,7,9-12,17H,5-6,8H2,1-3H3. The number of hydrogen-bond donors (Lipinski definition) is 1. The third kappa shape index (κ3) is 1.69. The molecule has 1 N–H and O–H groups in total. The third-order valence-electron chi connectivity index (χ3n) is 5.66. The van der Waals surface area contributed by atoms with Crippen LogP contribution in [0.2, 0.25) is 0 Å². The average Bonchev–Trinajstić information content (AvgIpc) is 2.64. The van der Waals surface area contributed by atoms with Crippen molar-refractivity contribution in [2.24, 2.45) is 23.2 Å². The Morgan fingerprint density at radius 3 is 2.89 bits per heavy atom. The van der Waals surface area contributed by atoms with Crippen LogP contribution in [0.25, 0.3) is 0 Å². The average molecular weight is 266 g/mol. The number of allylic oxidation sites excluding steroid dienone is 1. The molecule has 4 heteroatoms. The van der Waals surface area contributed by atoms with Crippen LogP contribution in [0.1, 0.15) is 40.0 Å². The van der Waals surface area contributed by atoms with Crippen LogP contribution in [0.5, 0.6) is 0 Å². The summed E-state index contributed by atoms with van der Waals surface area (Å²) in [5, 5.41) is 9.36. The van der Waals surface area contributed by atoms with E-state index in [0.717, 1.165) is 19.3 Å². The highest BCUT2D eigenvalue weighted by atomic mass is 17.1. The molecule has 2 aliphatic carbocycles. The minimum Gasteiger partial charge on any atom is -0.461 e. The monoisotopic (exact) mass is 266 g/mol. The summed E-state index contributed by atoms with van der Waals surface area (Å²) in [6.07, 6.45) is 6.86. The van der Waals surface area contributed by atoms with Crippen LogP contribution >= 0.6 is 0 Å². The molecule has 0 radical (unpaired) electrons. The molecule has 106 valence electrons. The lowest BCUT2D eigenvalue weighted by molar-refractivity contribution is -0.337. The Balaban J connectivity index is 2.02. The number of rotatable bonds is 1. The van der Waals surface area contributed by atoms with Crippen LogP contribution in [0.3, 0.4) is 0 Å². The summed E-state index contributed by atoms with van der Waals surface area (Å²) in [5.74, 6) is 0.131. The minimum absolute atomic E-state index is 0.0163. The van der Waals surface area contributed by atoms with Gasteiger partial charge in [-0.25, -0.2) is 4.89 Å². The molecule has 6 unspecified atom stereocenters. The van der Waals surface area contributed by atoms with Crippen LogP contribution < -0.4 is 0 Å². The van der Waals surface area contributed by atoms with Crippen molar-refractivity contribution in [1.82, 2.24) is 0 Å². The van der Waals surface area contributed by atoms with Crippen LogP contribution in [-0.2, 0) is 14.4 Å². The van der Waals surface area contributed by atoms with Crippen molar-refractivity contribution in [1.29, 1.82) is 0 Å². The molecule has 0 spiro atoms. The Labute approximate surface area is 113 Å². The van der Waals surface area contributed by atoms with Gasteiger partial charge in [0.1, 0.15) is 11.7 Å². The fraction of sp³-hybridized carbons (Fsp3) is 0.800. The number of hydrogen-bond acceptors (Lipinski definition) is 4. The Morgan fingerprint density at radius 2 is 2.21 bits per heavy atom. The van der Waals surface area contributed by atoms with Gasteiger partial charge in [-0.3, -0.25) is 10.1 Å². The molecule has 4 nitrogen and oxygen atoms in total. The Kier molecular flexibility index (Phi) is 2.81. The quantitative estimate of drug-likeness (QED) is 0.343. The first-order valence-corrected chi connectivity index (χ1v) is 7.12. The van der Waals surface area contributed by atoms with Gasteiger partial charge in [0.05, 0.1) is 5.92 Å². The smallest absolute Gasteiger partial charge is 0.309 e. The Morgan fingerprint density at radius 1 is 1.47 bits per heavy atom. The van der Waals surface area contributed by atoms with E-state index in [-0.39, 0.29) is 35.2 Å². The van der Waals surface area contributed by atoms with Gasteiger partial charge in [-0.2, -0.15) is 0 Å². The maximum atomic E-state index is 11.9. The predicted molar refractivity (Wildman–Crippen MR) is 69.2 cm³/mol. The van der Waals surface area contributed by atoms with Gasteiger partial charge in [-0.05, 0) is 31.6 Å². The normalized spacial score (nSPS) is 52.5. The molecule has 3 rings (SSSR count). The largest absolute Gasteiger partial charge is 0.461 e. The fourth-order valence-corrected chi connectivity index (χ4v) is 4.57. The van der Waals surface area contributed by atoms with Crippen LogP contribution in [0.4, 0.5) is 0 Å². The Bertz CT molecular complexity index is 432. The molecule has 6 atom stereocenters. The molecular formula is C15H22O4. The zero-order valence-corrected chi connectivity index (χ0v) is 11.8. The molecule has 1 heterocycles. The van der Waals surface area contributed by atoms with Gasteiger partial charge in [-0.15, -0.1) is 0 Å². The highest BCUT2D eigenvalue weighted by molar-refractivity contribution is 5.75. The van der Waals surface area contributed by atoms with Crippen molar-refractivity contribution >= 4 is 5.97 Å². The highest BCUT2D eigenvalue weighted by Crippen LogP contribution is 2.57. The van der Waals surface area contributed by atoms with Crippen LogP contribution in [0, 0.1) is 23.2 Å². The summed E-state index contributed by atoms with van der Waals surface area (Å²) in [6.45, 7) is 6.04. The van der Waals surface area contributed by atoms with E-state index in [1.807, 2.05) is 19.9 Å². The molecule has 19 heavy (non-hydrogen) atoms. The first-order valence-electron chi connectivity index (χ1n) is 7.12. The van der Waals surface area contributed by atoms with Gasteiger partial charge in [0.15, 0.2) is 0 Å². The fourth-order valence-electron chi connectivity index (χ4n) is 4.57. The number of esters is 1. The lowest BCUT2D eigenvalue weighted by Gasteiger charge is -2.53. The topological polar surface area (TPSA) is 55.8 Å². The predicted octanol–water partition coefficient (Wildman–Crippen LogP) is 2.79. The molecule has 1 saturated carbocycles. The molecule has 0 aromatic rings. The maximum absolute atomic E-state index is 11.9. The zero-order chi connectivity index (χ0) is 13.8. The van der Waals surface area contributed by atoms with Crippen molar-refractivity contribution in [3.63, 3.8) is 0 Å². The summed E-state index contributed by atoms with van der Waals surface area (Å²) in [6, 6.07) is 0. The summed E-state index contributed by atoms with van der Waals surface area (Å²) in [4.78, 5) is 16.7. The van der Waals surface area contributed by atoms with E-state index < -0.39 is 5.60 Å². The number of fused-ring (bicyclic) bond motifs is 3. The molecule has 1 aliphatic heterocycles. The van der Waals surface area contributed by atoms with E-state index >= 15 is 0 Å². The minimum atomic E-state index is -0.763. The van der Waals surface area contributed by atoms with Crippen molar-refractivity contribution in [2.45, 2.75) is 51.7 Å². The number of ether oxygens (including phenoxy) is 1. The van der Waals surface area contributed by atoms with Crippen LogP contribution in [0.15, 0.2) is 12.2 Å². The van der Waals surface area contributed by atoms with Crippen molar-refractivity contribution in [3.8, 4) is 0 Å². The second-order valence-corrected chi connectivity index (χ2v) is 6.91. The molecule has 2 fully saturated rings. The van der Waals surface area contributed by atoms with E-state index in [0.29, 0.717) is 0 Å². The SMILES string of the molecule is CC1C(=O)OC2C1CCC1(C)CC=CC(C)(OO)C21. The first kappa shape index (κ1) is 13.1. The molecular weight excluding hydrogens is 244 g/mol. The van der Waals surface area contributed by atoms with E-state index in [4.69, 9.17) is 9.62 Å². The van der Waals surface area contributed by atoms with Gasteiger partial charge < -0.3 is 4.74 Å². The molecule has 3 aliphatic rings. The molecule has 0 aromatic carbocycles. The lowest BCUT2D eigenvalue weighted by Crippen LogP contribution is -2.57. The zero-order valence-electron chi connectivity index (χ0n) is 11.8. The summed E-state index contributed by atoms with van der Waals surface area (Å²) < 4.78 is 5.65. The van der Waals surface area contributed by atoms with Gasteiger partial charge >= 0.3 is 5.97 Å². The van der Waals surface area contributed by atoms with E-state index in [1.54, 1.807) is 0 Å². The van der Waals surface area contributed by atoms with Gasteiger partial charge in [0.25, 0.3) is 0 Å². The maximum Gasteiger partial charge on any atom is 0.309 e. The summed E-state index contributed by atoms with van der Waals surface area (Å²) >= 11 is 0. The number of carbonyl (C=O) groups is 1. The molecule has 0 bridgehead atoms. The third-order valence-corrected chi connectivity index (χ3v) is 5.66. The van der Waals surface area contributed by atoms with E-state index in [9.17, 15) is 10.1 Å². The van der Waals surface area contributed by atoms with Crippen molar-refractivity contribution in [2.75, 3.05) is 0 Å². The van der Waals surface area contributed by atoms with Crippen molar-refractivity contribution in [3.05, 3.63) is 12.2 Å². The first-order chi connectivity index (χ1) is 8.91. The van der Waals surface area contributed by atoms with Crippen LogP contribution in [-0.4, -0.2) is 22.9 Å². The highest BCUT2D eigenvalue weighted by Gasteiger charge is 2.61. The number of carbonyl (C=O) groups excluding carboxylic acids is 1. The lowest BCUT2D eigenvalue weighted by atomic mass is 9.53. The van der Waals surface area contributed by atoms with E-state index in [1.165, 1.54) is 0 Å². The van der Waals surface area contributed by atoms with Crippen molar-refractivity contribution < 1.29 is 19.7 Å². The van der Waals surface area contributed by atoms with E-state index in [2.05, 4.69) is 13.0 Å². The summed E-state index contributed by atoms with van der Waals surface area (Å²) in [5.41, 5.74) is -0.738. The van der Waals surface area contributed by atoms with Gasteiger partial charge in [0, 0.05) is 11.8 Å². The Hall–Kier alpha value is -0.870. The van der Waals surface area contributed by atoms with Gasteiger partial charge in [0.2, 0.25) is 0 Å². The molecule has 1 saturated heterocycles. The second kappa shape index (κ2) is 4.06. The summed E-state index contributed by atoms with van der Waals surface area (Å²) in [7, 11) is 0. The molecule has 0 aromatic heterocycles. The van der Waals surface area contributed by atoms with Gasteiger partial charge in [-0.1, -0.05) is 26.0 Å².